The van der Waals surface area contributed by atoms with Crippen molar-refractivity contribution in [2.75, 3.05) is 10.2 Å². The van der Waals surface area contributed by atoms with Crippen molar-refractivity contribution in [3.63, 3.8) is 0 Å². The molecule has 1 aliphatic rings. The lowest BCUT2D eigenvalue weighted by Crippen LogP contribution is -2.30. The highest BCUT2D eigenvalue weighted by atomic mass is 35.5. The molecule has 1 amide bonds. The SMILES string of the molecule is CC(=O)Nc1ccc(N2C(=S)N[C@H](c3ccccn3)[C@H]2c2cccn2-c2cccc(Cl)c2)cc1. The zero-order chi connectivity index (χ0) is 23.7. The van der Waals surface area contributed by atoms with Gasteiger partial charge in [0.1, 0.15) is 6.04 Å². The molecule has 2 aromatic heterocycles. The highest BCUT2D eigenvalue weighted by Gasteiger charge is 2.42. The molecule has 170 valence electrons. The first kappa shape index (κ1) is 22.1. The van der Waals surface area contributed by atoms with Crippen LogP contribution in [0.3, 0.4) is 0 Å². The zero-order valence-corrected chi connectivity index (χ0v) is 19.9. The summed E-state index contributed by atoms with van der Waals surface area (Å²) in [5, 5.41) is 7.56. The minimum absolute atomic E-state index is 0.112. The molecular formula is C26H22ClN5OS. The first-order valence-corrected chi connectivity index (χ1v) is 11.6. The van der Waals surface area contributed by atoms with Crippen LogP contribution in [0.4, 0.5) is 11.4 Å². The number of hydrogen-bond donors (Lipinski definition) is 2. The number of carbonyl (C=O) groups is 1. The van der Waals surface area contributed by atoms with Gasteiger partial charge in [0.2, 0.25) is 5.91 Å². The lowest BCUT2D eigenvalue weighted by Gasteiger charge is -2.29. The fourth-order valence-electron chi connectivity index (χ4n) is 4.34. The molecule has 4 aromatic rings. The molecule has 0 unspecified atom stereocenters. The molecule has 0 radical (unpaired) electrons. The van der Waals surface area contributed by atoms with Gasteiger partial charge in [-0.3, -0.25) is 9.78 Å². The minimum atomic E-state index is -0.178. The quantitative estimate of drug-likeness (QED) is 0.355. The minimum Gasteiger partial charge on any atom is -0.351 e. The maximum Gasteiger partial charge on any atom is 0.221 e. The van der Waals surface area contributed by atoms with Gasteiger partial charge in [-0.1, -0.05) is 23.7 Å². The summed E-state index contributed by atoms with van der Waals surface area (Å²) < 4.78 is 2.13. The van der Waals surface area contributed by atoms with Gasteiger partial charge in [-0.2, -0.15) is 0 Å². The van der Waals surface area contributed by atoms with Crippen LogP contribution in [-0.4, -0.2) is 20.6 Å². The Morgan fingerprint density at radius 2 is 1.85 bits per heavy atom. The van der Waals surface area contributed by atoms with E-state index < -0.39 is 0 Å². The summed E-state index contributed by atoms with van der Waals surface area (Å²) in [7, 11) is 0. The Morgan fingerprint density at radius 3 is 2.56 bits per heavy atom. The van der Waals surface area contributed by atoms with Crippen molar-refractivity contribution < 1.29 is 4.79 Å². The van der Waals surface area contributed by atoms with E-state index in [1.807, 2.05) is 79.0 Å². The average Bonchev–Trinajstić information content (AvgIpc) is 3.44. The van der Waals surface area contributed by atoms with Crippen molar-refractivity contribution in [2.24, 2.45) is 0 Å². The number of amides is 1. The van der Waals surface area contributed by atoms with Gasteiger partial charge >= 0.3 is 0 Å². The number of aromatic nitrogens is 2. The van der Waals surface area contributed by atoms with Gasteiger partial charge in [0, 0.05) is 47.1 Å². The second-order valence-electron chi connectivity index (χ2n) is 8.01. The van der Waals surface area contributed by atoms with E-state index >= 15 is 0 Å². The zero-order valence-electron chi connectivity index (χ0n) is 18.4. The lowest BCUT2D eigenvalue weighted by molar-refractivity contribution is -0.114. The van der Waals surface area contributed by atoms with Crippen LogP contribution >= 0.6 is 23.8 Å². The largest absolute Gasteiger partial charge is 0.351 e. The summed E-state index contributed by atoms with van der Waals surface area (Å²) in [5.74, 6) is -0.112. The van der Waals surface area contributed by atoms with Crippen LogP contribution < -0.4 is 15.5 Å². The first-order valence-electron chi connectivity index (χ1n) is 10.8. The van der Waals surface area contributed by atoms with Gasteiger partial charge in [-0.15, -0.1) is 0 Å². The number of benzene rings is 2. The van der Waals surface area contributed by atoms with Crippen LogP contribution in [0.25, 0.3) is 5.69 Å². The molecule has 0 saturated carbocycles. The maximum atomic E-state index is 11.4. The van der Waals surface area contributed by atoms with E-state index in [1.165, 1.54) is 6.92 Å². The monoisotopic (exact) mass is 487 g/mol. The fourth-order valence-corrected chi connectivity index (χ4v) is 4.87. The van der Waals surface area contributed by atoms with Gasteiger partial charge in [0.25, 0.3) is 0 Å². The number of anilines is 2. The molecule has 1 aliphatic heterocycles. The van der Waals surface area contributed by atoms with Crippen molar-refractivity contribution in [3.8, 4) is 5.69 Å². The number of carbonyl (C=O) groups excluding carboxylic acids is 1. The Labute approximate surface area is 208 Å². The molecule has 1 fully saturated rings. The van der Waals surface area contributed by atoms with E-state index in [0.717, 1.165) is 28.5 Å². The molecule has 6 nitrogen and oxygen atoms in total. The van der Waals surface area contributed by atoms with E-state index in [-0.39, 0.29) is 18.0 Å². The highest BCUT2D eigenvalue weighted by Crippen LogP contribution is 2.42. The Hall–Kier alpha value is -3.68. The molecule has 2 atom stereocenters. The summed E-state index contributed by atoms with van der Waals surface area (Å²) in [6, 6.07) is 25.1. The van der Waals surface area contributed by atoms with Gasteiger partial charge in [-0.25, -0.2) is 0 Å². The van der Waals surface area contributed by atoms with E-state index in [0.29, 0.717) is 10.1 Å². The molecule has 8 heteroatoms. The summed E-state index contributed by atoms with van der Waals surface area (Å²) in [6.45, 7) is 1.49. The number of rotatable bonds is 5. The number of thiocarbonyl (C=S) groups is 1. The predicted octanol–water partition coefficient (Wildman–Crippen LogP) is 5.66. The van der Waals surface area contributed by atoms with Crippen molar-refractivity contribution >= 4 is 46.2 Å². The van der Waals surface area contributed by atoms with Gasteiger partial charge in [-0.05, 0) is 78.9 Å². The molecule has 1 saturated heterocycles. The molecule has 34 heavy (non-hydrogen) atoms. The maximum absolute atomic E-state index is 11.4. The van der Waals surface area contributed by atoms with E-state index in [1.54, 1.807) is 6.20 Å². The van der Waals surface area contributed by atoms with Crippen LogP contribution in [0.5, 0.6) is 0 Å². The number of nitrogens with one attached hydrogen (secondary N) is 2. The Morgan fingerprint density at radius 1 is 1.03 bits per heavy atom. The van der Waals surface area contributed by atoms with Crippen molar-refractivity contribution in [3.05, 3.63) is 108 Å². The fraction of sp³-hybridized carbons (Fsp3) is 0.115. The molecular weight excluding hydrogens is 466 g/mol. The topological polar surface area (TPSA) is 62.2 Å². The van der Waals surface area contributed by atoms with E-state index in [4.69, 9.17) is 23.8 Å². The second kappa shape index (κ2) is 9.29. The summed E-state index contributed by atoms with van der Waals surface area (Å²) >= 11 is 12.1. The molecule has 0 aliphatic carbocycles. The van der Waals surface area contributed by atoms with E-state index in [9.17, 15) is 4.79 Å². The highest BCUT2D eigenvalue weighted by molar-refractivity contribution is 7.80. The van der Waals surface area contributed by atoms with E-state index in [2.05, 4.69) is 31.2 Å². The third-order valence-electron chi connectivity index (χ3n) is 5.73. The smallest absolute Gasteiger partial charge is 0.221 e. The molecule has 3 heterocycles. The van der Waals surface area contributed by atoms with Crippen LogP contribution in [-0.2, 0) is 4.79 Å². The van der Waals surface area contributed by atoms with Crippen LogP contribution in [0.1, 0.15) is 30.4 Å². The van der Waals surface area contributed by atoms with Gasteiger partial charge in [0.15, 0.2) is 5.11 Å². The predicted molar refractivity (Wildman–Crippen MR) is 139 cm³/mol. The molecule has 5 rings (SSSR count). The lowest BCUT2D eigenvalue weighted by atomic mass is 10.0. The number of nitrogens with zero attached hydrogens (tertiary/aromatic N) is 3. The summed E-state index contributed by atoms with van der Waals surface area (Å²) in [6.07, 6.45) is 3.81. The standard InChI is InChI=1S/C26H22ClN5OS/c1-17(33)29-19-10-12-20(13-11-19)32-25(24(30-26(32)34)22-8-2-3-14-28-22)23-9-5-15-31(23)21-7-4-6-18(27)16-21/h2-16,24-25H,1H3,(H,29,33)(H,30,34)/t24-,25-/m1/s1. The Balaban J connectivity index is 1.62. The molecule has 0 bridgehead atoms. The normalized spacial score (nSPS) is 17.5. The van der Waals surface area contributed by atoms with Gasteiger partial charge in [0.05, 0.1) is 11.7 Å². The summed E-state index contributed by atoms with van der Waals surface area (Å²) in [5.41, 5.74) is 4.54. The van der Waals surface area contributed by atoms with Crippen molar-refractivity contribution in [2.45, 2.75) is 19.0 Å². The second-order valence-corrected chi connectivity index (χ2v) is 8.83. The third-order valence-corrected chi connectivity index (χ3v) is 6.28. The third kappa shape index (κ3) is 4.27. The number of pyridine rings is 1. The number of hydrogen-bond acceptors (Lipinski definition) is 3. The van der Waals surface area contributed by atoms with Gasteiger partial charge < -0.3 is 20.1 Å². The first-order chi connectivity index (χ1) is 16.5. The summed E-state index contributed by atoms with van der Waals surface area (Å²) in [4.78, 5) is 18.2. The molecule has 0 spiro atoms. The van der Waals surface area contributed by atoms with Crippen LogP contribution in [0.2, 0.25) is 5.02 Å². The van der Waals surface area contributed by atoms with Crippen molar-refractivity contribution in [1.82, 2.24) is 14.9 Å². The van der Waals surface area contributed by atoms with Crippen LogP contribution in [0.15, 0.2) is 91.3 Å². The van der Waals surface area contributed by atoms with Crippen LogP contribution in [0, 0.1) is 0 Å². The number of halogens is 1. The Bertz CT molecular complexity index is 1340. The molecule has 2 N–H and O–H groups in total. The molecule has 2 aromatic carbocycles. The Kier molecular flexibility index (Phi) is 6.04. The average molecular weight is 488 g/mol. The van der Waals surface area contributed by atoms with Crippen molar-refractivity contribution in [1.29, 1.82) is 0 Å².